The van der Waals surface area contributed by atoms with E-state index in [1.807, 2.05) is 0 Å². The molecule has 0 spiro atoms. The third-order valence-electron chi connectivity index (χ3n) is 2.81. The second kappa shape index (κ2) is 5.72. The van der Waals surface area contributed by atoms with Crippen LogP contribution in [0.3, 0.4) is 0 Å². The number of aromatic nitrogens is 1. The third-order valence-corrected chi connectivity index (χ3v) is 2.81. The van der Waals surface area contributed by atoms with Crippen molar-refractivity contribution in [3.8, 4) is 17.1 Å². The summed E-state index contributed by atoms with van der Waals surface area (Å²) >= 11 is 0. The molecule has 0 saturated heterocycles. The molecule has 2 unspecified atom stereocenters. The van der Waals surface area contributed by atoms with Crippen LogP contribution in [0.4, 0.5) is 0 Å². The van der Waals surface area contributed by atoms with Crippen molar-refractivity contribution in [1.29, 1.82) is 0 Å². The molecule has 0 aliphatic carbocycles. The first-order valence-corrected chi connectivity index (χ1v) is 5.81. The van der Waals surface area contributed by atoms with Gasteiger partial charge in [-0.2, -0.15) is 0 Å². The van der Waals surface area contributed by atoms with Gasteiger partial charge in [-0.15, -0.1) is 0 Å². The lowest BCUT2D eigenvalue weighted by Crippen LogP contribution is -2.21. The van der Waals surface area contributed by atoms with E-state index >= 15 is 0 Å². The van der Waals surface area contributed by atoms with E-state index in [9.17, 15) is 20.1 Å². The fourth-order valence-corrected chi connectivity index (χ4v) is 1.80. The number of aliphatic hydroxyl groups is 2. The van der Waals surface area contributed by atoms with Gasteiger partial charge in [0, 0.05) is 6.07 Å². The number of phenols is 1. The topological polar surface area (TPSA) is 124 Å². The van der Waals surface area contributed by atoms with Crippen molar-refractivity contribution in [2.75, 3.05) is 0 Å². The predicted octanol–water partition coefficient (Wildman–Crippen LogP) is 0.916. The molecule has 0 bridgehead atoms. The third kappa shape index (κ3) is 2.95. The number of carbonyl (C=O) groups is 1. The summed E-state index contributed by atoms with van der Waals surface area (Å²) < 4.78 is 4.91. The minimum Gasteiger partial charge on any atom is -0.507 e. The van der Waals surface area contributed by atoms with E-state index in [2.05, 4.69) is 5.16 Å². The van der Waals surface area contributed by atoms with Gasteiger partial charge in [0.1, 0.15) is 11.9 Å². The number of rotatable bonds is 5. The number of phenolic OH excluding ortho intramolecular Hbond substituents is 1. The first-order valence-electron chi connectivity index (χ1n) is 5.81. The van der Waals surface area contributed by atoms with E-state index in [4.69, 9.17) is 9.63 Å². The van der Waals surface area contributed by atoms with Gasteiger partial charge >= 0.3 is 5.97 Å². The lowest BCUT2D eigenvalue weighted by molar-refractivity contribution is -0.141. The molecule has 1 heterocycles. The minimum atomic E-state index is -1.44. The molecular weight excluding hydrogens is 266 g/mol. The molecule has 0 aliphatic heterocycles. The number of carboxylic acids is 1. The molecule has 1 aromatic heterocycles. The summed E-state index contributed by atoms with van der Waals surface area (Å²) in [6.45, 7) is 0. The number of benzene rings is 1. The van der Waals surface area contributed by atoms with Crippen molar-refractivity contribution in [3.05, 3.63) is 36.0 Å². The van der Waals surface area contributed by atoms with Crippen molar-refractivity contribution in [2.45, 2.75) is 18.6 Å². The first-order chi connectivity index (χ1) is 9.49. The number of hydrogen-bond donors (Lipinski definition) is 4. The second-order valence-electron chi connectivity index (χ2n) is 4.26. The summed E-state index contributed by atoms with van der Waals surface area (Å²) in [6, 6.07) is 5.65. The van der Waals surface area contributed by atoms with Gasteiger partial charge in [0.15, 0.2) is 5.76 Å². The number of aliphatic hydroxyl groups excluding tert-OH is 2. The zero-order valence-electron chi connectivity index (χ0n) is 10.3. The smallest absolute Gasteiger partial charge is 0.306 e. The maximum Gasteiger partial charge on any atom is 0.306 e. The lowest BCUT2D eigenvalue weighted by atomic mass is 9.99. The number of aromatic hydroxyl groups is 1. The van der Waals surface area contributed by atoms with Gasteiger partial charge in [-0.25, -0.2) is 0 Å². The minimum absolute atomic E-state index is 0.0783. The van der Waals surface area contributed by atoms with Gasteiger partial charge in [-0.3, -0.25) is 4.79 Å². The molecule has 0 fully saturated rings. The fraction of sp³-hybridized carbons (Fsp3) is 0.231. The van der Waals surface area contributed by atoms with Gasteiger partial charge in [-0.1, -0.05) is 11.2 Å². The van der Waals surface area contributed by atoms with Crippen LogP contribution in [-0.4, -0.2) is 37.7 Å². The van der Waals surface area contributed by atoms with E-state index < -0.39 is 24.6 Å². The van der Waals surface area contributed by atoms with Crippen LogP contribution in [0.25, 0.3) is 11.3 Å². The Morgan fingerprint density at radius 1 is 1.30 bits per heavy atom. The standard InChI is InChI=1S/C13H13NO6/c15-9-2-1-7(13(19)10(16)6-12(17)18)5-8(9)11-3-4-14-20-11/h1-5,10,13,15-16,19H,6H2,(H,17,18). The Morgan fingerprint density at radius 3 is 2.65 bits per heavy atom. The molecule has 20 heavy (non-hydrogen) atoms. The summed E-state index contributed by atoms with van der Waals surface area (Å²) in [4.78, 5) is 10.5. The molecule has 0 saturated carbocycles. The van der Waals surface area contributed by atoms with Crippen molar-refractivity contribution < 1.29 is 29.7 Å². The number of aliphatic carboxylic acids is 1. The Balaban J connectivity index is 2.29. The van der Waals surface area contributed by atoms with Crippen LogP contribution < -0.4 is 0 Å². The zero-order chi connectivity index (χ0) is 14.7. The largest absolute Gasteiger partial charge is 0.507 e. The number of hydrogen-bond acceptors (Lipinski definition) is 6. The van der Waals surface area contributed by atoms with Crippen molar-refractivity contribution >= 4 is 5.97 Å². The second-order valence-corrected chi connectivity index (χ2v) is 4.26. The molecule has 7 heteroatoms. The van der Waals surface area contributed by atoms with Gasteiger partial charge in [0.2, 0.25) is 0 Å². The highest BCUT2D eigenvalue weighted by molar-refractivity contribution is 5.68. The molecule has 0 radical (unpaired) electrons. The normalized spacial score (nSPS) is 13.9. The Bertz CT molecular complexity index is 595. The van der Waals surface area contributed by atoms with Crippen molar-refractivity contribution in [2.24, 2.45) is 0 Å². The average Bonchev–Trinajstić information content (AvgIpc) is 2.91. The van der Waals surface area contributed by atoms with E-state index in [1.165, 1.54) is 30.5 Å². The Hall–Kier alpha value is -2.38. The van der Waals surface area contributed by atoms with Crippen LogP contribution in [-0.2, 0) is 4.79 Å². The van der Waals surface area contributed by atoms with E-state index in [0.29, 0.717) is 11.3 Å². The average molecular weight is 279 g/mol. The van der Waals surface area contributed by atoms with E-state index in [-0.39, 0.29) is 11.3 Å². The monoisotopic (exact) mass is 279 g/mol. The molecule has 2 rings (SSSR count). The zero-order valence-corrected chi connectivity index (χ0v) is 10.3. The fourth-order valence-electron chi connectivity index (χ4n) is 1.80. The molecule has 2 atom stereocenters. The molecule has 7 nitrogen and oxygen atoms in total. The maximum atomic E-state index is 10.5. The van der Waals surface area contributed by atoms with Crippen molar-refractivity contribution in [1.82, 2.24) is 5.16 Å². The number of nitrogens with zero attached hydrogens (tertiary/aromatic N) is 1. The lowest BCUT2D eigenvalue weighted by Gasteiger charge is -2.17. The molecule has 0 aliphatic rings. The SMILES string of the molecule is O=C(O)CC(O)C(O)c1ccc(O)c(-c2ccno2)c1. The quantitative estimate of drug-likeness (QED) is 0.641. The van der Waals surface area contributed by atoms with Crippen LogP contribution in [0.2, 0.25) is 0 Å². The summed E-state index contributed by atoms with van der Waals surface area (Å²) in [7, 11) is 0. The predicted molar refractivity (Wildman–Crippen MR) is 66.8 cm³/mol. The highest BCUT2D eigenvalue weighted by Crippen LogP contribution is 2.32. The van der Waals surface area contributed by atoms with Gasteiger partial charge in [0.25, 0.3) is 0 Å². The molecule has 0 amide bonds. The van der Waals surface area contributed by atoms with Crippen LogP contribution in [0.1, 0.15) is 18.1 Å². The van der Waals surface area contributed by atoms with Crippen molar-refractivity contribution in [3.63, 3.8) is 0 Å². The molecule has 106 valence electrons. The Kier molecular flexibility index (Phi) is 4.02. The van der Waals surface area contributed by atoms with E-state index in [0.717, 1.165) is 0 Å². The summed E-state index contributed by atoms with van der Waals surface area (Å²) in [5.74, 6) is -1.000. The summed E-state index contributed by atoms with van der Waals surface area (Å²) in [5.41, 5.74) is 0.560. The first kappa shape index (κ1) is 14.0. The molecular formula is C13H13NO6. The molecule has 1 aromatic carbocycles. The number of carboxylic acid groups (broad SMARTS) is 1. The van der Waals surface area contributed by atoms with Gasteiger partial charge < -0.3 is 24.9 Å². The highest BCUT2D eigenvalue weighted by atomic mass is 16.5. The highest BCUT2D eigenvalue weighted by Gasteiger charge is 2.22. The maximum absolute atomic E-state index is 10.5. The van der Waals surface area contributed by atoms with E-state index in [1.54, 1.807) is 0 Å². The Morgan fingerprint density at radius 2 is 2.05 bits per heavy atom. The van der Waals surface area contributed by atoms with Crippen LogP contribution >= 0.6 is 0 Å². The van der Waals surface area contributed by atoms with Crippen LogP contribution in [0.15, 0.2) is 35.0 Å². The molecule has 2 aromatic rings. The van der Waals surface area contributed by atoms with Gasteiger partial charge in [0.05, 0.1) is 24.3 Å². The van der Waals surface area contributed by atoms with Crippen LogP contribution in [0, 0.1) is 0 Å². The molecule has 4 N–H and O–H groups in total. The van der Waals surface area contributed by atoms with Crippen LogP contribution in [0.5, 0.6) is 5.75 Å². The van der Waals surface area contributed by atoms with Gasteiger partial charge in [-0.05, 0) is 17.7 Å². The Labute approximate surface area is 113 Å². The summed E-state index contributed by atoms with van der Waals surface area (Å²) in [6.07, 6.45) is -2.01. The summed E-state index contributed by atoms with van der Waals surface area (Å²) in [5, 5.41) is 41.4.